The lowest BCUT2D eigenvalue weighted by Crippen LogP contribution is -2.17. The van der Waals surface area contributed by atoms with Crippen LogP contribution in [0.5, 0.6) is 0 Å². The van der Waals surface area contributed by atoms with Crippen LogP contribution >= 0.6 is 23.4 Å². The fourth-order valence-electron chi connectivity index (χ4n) is 3.08. The van der Waals surface area contributed by atoms with Crippen LogP contribution < -0.4 is 5.32 Å². The Hall–Kier alpha value is -2.38. The first kappa shape index (κ1) is 21.3. The Morgan fingerprint density at radius 2 is 1.93 bits per heavy atom. The van der Waals surface area contributed by atoms with Gasteiger partial charge < -0.3 is 9.88 Å². The van der Waals surface area contributed by atoms with E-state index in [0.29, 0.717) is 33.9 Å². The van der Waals surface area contributed by atoms with E-state index >= 15 is 0 Å². The van der Waals surface area contributed by atoms with Gasteiger partial charge in [-0.05, 0) is 56.2 Å². The predicted octanol–water partition coefficient (Wildman–Crippen LogP) is 5.18. The lowest BCUT2D eigenvalue weighted by molar-refractivity contribution is -0.115. The summed E-state index contributed by atoms with van der Waals surface area (Å²) in [5.74, 6) is 0.390. The molecule has 0 saturated heterocycles. The number of rotatable bonds is 7. The number of nitrogens with zero attached hydrogens (tertiary/aromatic N) is 3. The van der Waals surface area contributed by atoms with Crippen molar-refractivity contribution >= 4 is 35.0 Å². The normalized spacial score (nSPS) is 10.9. The molecule has 0 bridgehead atoms. The highest BCUT2D eigenvalue weighted by atomic mass is 35.5. The molecule has 29 heavy (non-hydrogen) atoms. The van der Waals surface area contributed by atoms with Crippen molar-refractivity contribution in [3.8, 4) is 0 Å². The number of aryl methyl sites for hydroxylation is 2. The SMILES string of the molecule is CCn1c(CC(=O)Nc2cc(C)cc(C)c2)nnc1SCc1c(F)cccc1Cl. The van der Waals surface area contributed by atoms with Gasteiger partial charge in [0, 0.05) is 28.6 Å². The van der Waals surface area contributed by atoms with Crippen LogP contribution in [0.3, 0.4) is 0 Å². The van der Waals surface area contributed by atoms with E-state index in [4.69, 9.17) is 11.6 Å². The number of anilines is 1. The molecule has 3 rings (SSSR count). The van der Waals surface area contributed by atoms with Gasteiger partial charge in [0.15, 0.2) is 5.16 Å². The van der Waals surface area contributed by atoms with Gasteiger partial charge in [-0.15, -0.1) is 10.2 Å². The monoisotopic (exact) mass is 432 g/mol. The van der Waals surface area contributed by atoms with Crippen LogP contribution in [0.25, 0.3) is 0 Å². The number of aromatic nitrogens is 3. The molecule has 0 aliphatic heterocycles. The maximum absolute atomic E-state index is 14.0. The number of nitrogens with one attached hydrogen (secondary N) is 1. The van der Waals surface area contributed by atoms with Gasteiger partial charge >= 0.3 is 0 Å². The van der Waals surface area contributed by atoms with Crippen molar-refractivity contribution in [1.82, 2.24) is 14.8 Å². The summed E-state index contributed by atoms with van der Waals surface area (Å²) in [4.78, 5) is 12.5. The zero-order valence-electron chi connectivity index (χ0n) is 16.5. The molecule has 0 unspecified atom stereocenters. The Morgan fingerprint density at radius 1 is 1.21 bits per heavy atom. The van der Waals surface area contributed by atoms with Crippen molar-refractivity contribution in [2.24, 2.45) is 0 Å². The molecule has 1 N–H and O–H groups in total. The number of hydrogen-bond acceptors (Lipinski definition) is 4. The molecule has 5 nitrogen and oxygen atoms in total. The first-order chi connectivity index (χ1) is 13.9. The van der Waals surface area contributed by atoms with E-state index in [1.54, 1.807) is 12.1 Å². The fraction of sp³-hybridized carbons (Fsp3) is 0.286. The Balaban J connectivity index is 1.69. The standard InChI is InChI=1S/C21H22ClFN4OS/c1-4-27-19(11-20(28)24-15-9-13(2)8-14(3)10-15)25-26-21(27)29-12-16-17(22)6-5-7-18(16)23/h5-10H,4,11-12H2,1-3H3,(H,24,28). The minimum atomic E-state index is -0.347. The first-order valence-electron chi connectivity index (χ1n) is 9.23. The van der Waals surface area contributed by atoms with Crippen molar-refractivity contribution in [3.05, 3.63) is 69.8 Å². The third kappa shape index (κ3) is 5.36. The summed E-state index contributed by atoms with van der Waals surface area (Å²) in [6, 6.07) is 10.5. The highest BCUT2D eigenvalue weighted by Crippen LogP contribution is 2.28. The number of hydrogen-bond donors (Lipinski definition) is 1. The van der Waals surface area contributed by atoms with Crippen molar-refractivity contribution in [1.29, 1.82) is 0 Å². The molecular weight excluding hydrogens is 411 g/mol. The van der Waals surface area contributed by atoms with Gasteiger partial charge in [-0.3, -0.25) is 4.79 Å². The van der Waals surface area contributed by atoms with Crippen molar-refractivity contribution < 1.29 is 9.18 Å². The highest BCUT2D eigenvalue weighted by molar-refractivity contribution is 7.98. The second-order valence-corrected chi connectivity index (χ2v) is 8.08. The lowest BCUT2D eigenvalue weighted by atomic mass is 10.1. The van der Waals surface area contributed by atoms with Gasteiger partial charge in [0.2, 0.25) is 5.91 Å². The van der Waals surface area contributed by atoms with Crippen molar-refractivity contribution in [2.75, 3.05) is 5.32 Å². The van der Waals surface area contributed by atoms with Gasteiger partial charge in [-0.2, -0.15) is 0 Å². The fourth-order valence-corrected chi connectivity index (χ4v) is 4.44. The van der Waals surface area contributed by atoms with E-state index < -0.39 is 0 Å². The molecule has 8 heteroatoms. The maximum atomic E-state index is 14.0. The summed E-state index contributed by atoms with van der Waals surface area (Å²) in [6.45, 7) is 6.53. The molecular formula is C21H22ClFN4OS. The second-order valence-electron chi connectivity index (χ2n) is 6.73. The van der Waals surface area contributed by atoms with Crippen molar-refractivity contribution in [2.45, 2.75) is 44.6 Å². The Labute approximate surface area is 178 Å². The largest absolute Gasteiger partial charge is 0.326 e. The minimum Gasteiger partial charge on any atom is -0.326 e. The average Bonchev–Trinajstić information content (AvgIpc) is 3.01. The molecule has 0 fully saturated rings. The smallest absolute Gasteiger partial charge is 0.232 e. The lowest BCUT2D eigenvalue weighted by Gasteiger charge is -2.10. The van der Waals surface area contributed by atoms with Gasteiger partial charge in [0.1, 0.15) is 11.6 Å². The molecule has 1 amide bonds. The molecule has 1 aromatic heterocycles. The maximum Gasteiger partial charge on any atom is 0.232 e. The van der Waals surface area contributed by atoms with Crippen LogP contribution in [0.4, 0.5) is 10.1 Å². The number of thioether (sulfide) groups is 1. The number of carbonyl (C=O) groups is 1. The van der Waals surface area contributed by atoms with E-state index in [1.807, 2.05) is 37.5 Å². The topological polar surface area (TPSA) is 59.8 Å². The molecule has 0 spiro atoms. The Morgan fingerprint density at radius 3 is 2.59 bits per heavy atom. The summed E-state index contributed by atoms with van der Waals surface area (Å²) in [5.41, 5.74) is 3.36. The van der Waals surface area contributed by atoms with Gasteiger partial charge in [0.25, 0.3) is 0 Å². The van der Waals surface area contributed by atoms with E-state index in [0.717, 1.165) is 16.8 Å². The molecule has 1 heterocycles. The van der Waals surface area contributed by atoms with E-state index in [1.165, 1.54) is 17.8 Å². The highest BCUT2D eigenvalue weighted by Gasteiger charge is 2.16. The van der Waals surface area contributed by atoms with Crippen LogP contribution in [-0.2, 0) is 23.5 Å². The van der Waals surface area contributed by atoms with Crippen LogP contribution in [0.15, 0.2) is 41.6 Å². The Kier molecular flexibility index (Phi) is 6.92. The van der Waals surface area contributed by atoms with E-state index in [2.05, 4.69) is 21.6 Å². The molecule has 0 atom stereocenters. The molecule has 0 radical (unpaired) electrons. The van der Waals surface area contributed by atoms with E-state index in [-0.39, 0.29) is 18.1 Å². The summed E-state index contributed by atoms with van der Waals surface area (Å²) in [5, 5.41) is 12.3. The molecule has 3 aromatic rings. The number of halogens is 2. The average molecular weight is 433 g/mol. The number of benzene rings is 2. The molecule has 0 aliphatic rings. The number of carbonyl (C=O) groups excluding carboxylic acids is 1. The van der Waals surface area contributed by atoms with Crippen LogP contribution in [0.2, 0.25) is 5.02 Å². The van der Waals surface area contributed by atoms with Gasteiger partial charge in [0.05, 0.1) is 6.42 Å². The zero-order chi connectivity index (χ0) is 21.0. The van der Waals surface area contributed by atoms with Crippen LogP contribution in [0, 0.1) is 19.7 Å². The molecule has 0 saturated carbocycles. The van der Waals surface area contributed by atoms with Crippen LogP contribution in [0.1, 0.15) is 29.4 Å². The quantitative estimate of drug-likeness (QED) is 0.522. The van der Waals surface area contributed by atoms with E-state index in [9.17, 15) is 9.18 Å². The minimum absolute atomic E-state index is 0.106. The summed E-state index contributed by atoms with van der Waals surface area (Å²) in [7, 11) is 0. The summed E-state index contributed by atoms with van der Waals surface area (Å²) in [6.07, 6.45) is 0.106. The summed E-state index contributed by atoms with van der Waals surface area (Å²) < 4.78 is 15.8. The van der Waals surface area contributed by atoms with Crippen LogP contribution in [-0.4, -0.2) is 20.7 Å². The van der Waals surface area contributed by atoms with Gasteiger partial charge in [-0.25, -0.2) is 4.39 Å². The Bertz CT molecular complexity index is 997. The first-order valence-corrected chi connectivity index (χ1v) is 10.6. The number of amides is 1. The molecule has 2 aromatic carbocycles. The third-order valence-corrected chi connectivity index (χ3v) is 5.69. The van der Waals surface area contributed by atoms with Gasteiger partial charge in [-0.1, -0.05) is 35.5 Å². The zero-order valence-corrected chi connectivity index (χ0v) is 18.1. The third-order valence-electron chi connectivity index (χ3n) is 4.34. The molecule has 152 valence electrons. The predicted molar refractivity (Wildman–Crippen MR) is 115 cm³/mol. The van der Waals surface area contributed by atoms with Crippen molar-refractivity contribution in [3.63, 3.8) is 0 Å². The molecule has 0 aliphatic carbocycles. The summed E-state index contributed by atoms with van der Waals surface area (Å²) >= 11 is 7.44. The second kappa shape index (κ2) is 9.41.